The average molecular weight is 424 g/mol. The molecule has 0 spiro atoms. The molecule has 0 atom stereocenters. The van der Waals surface area contributed by atoms with Crippen molar-refractivity contribution in [1.82, 2.24) is 0 Å². The predicted octanol–water partition coefficient (Wildman–Crippen LogP) is 5.08. The van der Waals surface area contributed by atoms with E-state index >= 15 is 0 Å². The molecule has 0 aromatic heterocycles. The van der Waals surface area contributed by atoms with E-state index in [1.807, 2.05) is 0 Å². The Morgan fingerprint density at radius 2 is 1.70 bits per heavy atom. The molecule has 0 saturated heterocycles. The zero-order valence-electron chi connectivity index (χ0n) is 16.8. The van der Waals surface area contributed by atoms with Crippen LogP contribution in [-0.2, 0) is 27.7 Å². The Kier molecular flexibility index (Phi) is 6.17. The smallest absolute Gasteiger partial charge is 0.416 e. The lowest BCUT2D eigenvalue weighted by atomic mass is 9.84. The summed E-state index contributed by atoms with van der Waals surface area (Å²) in [6.45, 7) is 2.78. The molecule has 0 unspecified atom stereocenters. The molecule has 1 aliphatic rings. The summed E-state index contributed by atoms with van der Waals surface area (Å²) < 4.78 is 62.4. The van der Waals surface area contributed by atoms with Crippen LogP contribution in [0.1, 0.15) is 42.4 Å². The molecular formula is C22H23F3O5. The van der Waals surface area contributed by atoms with E-state index in [0.29, 0.717) is 22.6 Å². The number of hydrogen-bond acceptors (Lipinski definition) is 5. The first-order valence-corrected chi connectivity index (χ1v) is 9.24. The summed E-state index contributed by atoms with van der Waals surface area (Å²) in [5.74, 6) is 0.637. The quantitative estimate of drug-likeness (QED) is 0.672. The second-order valence-electron chi connectivity index (χ2n) is 7.49. The summed E-state index contributed by atoms with van der Waals surface area (Å²) in [7, 11) is 1.44. The van der Waals surface area contributed by atoms with Crippen LogP contribution in [0, 0.1) is 0 Å². The van der Waals surface area contributed by atoms with E-state index in [1.54, 1.807) is 38.1 Å². The Bertz CT molecular complexity index is 913. The minimum absolute atomic E-state index is 0.0159. The number of halogens is 3. The summed E-state index contributed by atoms with van der Waals surface area (Å²) in [5, 5.41) is 9.48. The highest BCUT2D eigenvalue weighted by Gasteiger charge is 2.35. The maximum Gasteiger partial charge on any atom is 0.416 e. The number of hydrogen-bond donors (Lipinski definition) is 1. The van der Waals surface area contributed by atoms with E-state index in [1.165, 1.54) is 25.7 Å². The van der Waals surface area contributed by atoms with Crippen LogP contribution in [0.25, 0.3) is 0 Å². The van der Waals surface area contributed by atoms with Gasteiger partial charge in [-0.05, 0) is 29.8 Å². The second-order valence-corrected chi connectivity index (χ2v) is 7.49. The van der Waals surface area contributed by atoms with Gasteiger partial charge in [-0.25, -0.2) is 0 Å². The fourth-order valence-electron chi connectivity index (χ4n) is 2.98. The summed E-state index contributed by atoms with van der Waals surface area (Å²) in [6, 6.07) is 8.94. The van der Waals surface area contributed by atoms with Gasteiger partial charge in [-0.1, -0.05) is 26.0 Å². The maximum absolute atomic E-state index is 13.6. The molecule has 0 saturated carbocycles. The van der Waals surface area contributed by atoms with Crippen LogP contribution in [0.5, 0.6) is 11.5 Å². The van der Waals surface area contributed by atoms with E-state index in [4.69, 9.17) is 18.9 Å². The lowest BCUT2D eigenvalue weighted by Crippen LogP contribution is -2.23. The zero-order valence-corrected chi connectivity index (χ0v) is 16.8. The lowest BCUT2D eigenvalue weighted by molar-refractivity contribution is -0.138. The summed E-state index contributed by atoms with van der Waals surface area (Å²) in [5.41, 5.74) is -0.532. The highest BCUT2D eigenvalue weighted by Crippen LogP contribution is 2.37. The maximum atomic E-state index is 13.6. The van der Waals surface area contributed by atoms with Crippen molar-refractivity contribution < 1.29 is 37.2 Å². The lowest BCUT2D eigenvalue weighted by Gasteiger charge is -2.24. The molecule has 0 aliphatic carbocycles. The van der Waals surface area contributed by atoms with Crippen molar-refractivity contribution in [2.24, 2.45) is 0 Å². The van der Waals surface area contributed by atoms with Gasteiger partial charge in [-0.2, -0.15) is 13.2 Å². The summed E-state index contributed by atoms with van der Waals surface area (Å²) in [6.07, 6.45) is -2.32. The van der Waals surface area contributed by atoms with Crippen molar-refractivity contribution in [3.05, 3.63) is 71.2 Å². The first kappa shape index (κ1) is 21.8. The molecule has 1 N–H and O–H groups in total. The highest BCUT2D eigenvalue weighted by atomic mass is 19.4. The number of methoxy groups -OCH3 is 1. The van der Waals surface area contributed by atoms with Gasteiger partial charge in [-0.15, -0.1) is 0 Å². The molecule has 30 heavy (non-hydrogen) atoms. The third kappa shape index (κ3) is 4.64. The minimum atomic E-state index is -4.56. The number of aliphatic hydroxyl groups excluding tert-OH is 1. The molecule has 2 aromatic carbocycles. The van der Waals surface area contributed by atoms with Crippen LogP contribution in [0.3, 0.4) is 0 Å². The summed E-state index contributed by atoms with van der Waals surface area (Å²) in [4.78, 5) is 0. The molecule has 0 amide bonds. The third-order valence-electron chi connectivity index (χ3n) is 4.89. The molecule has 1 aliphatic heterocycles. The number of ether oxygens (including phenoxy) is 4. The van der Waals surface area contributed by atoms with Gasteiger partial charge in [0.25, 0.3) is 6.29 Å². The van der Waals surface area contributed by atoms with Crippen LogP contribution < -0.4 is 9.47 Å². The standard InChI is InChI=1S/C22H23F3O5/c1-21(2,13-26)16-6-4-15(17(11-16)22(23,24)25)12-30-18-7-5-14(10-19(18)27-3)20-28-8-9-29-20/h4-11,20,26H,12-13H2,1-3H3. The van der Waals surface area contributed by atoms with E-state index in [9.17, 15) is 18.3 Å². The number of aliphatic hydroxyl groups is 1. The van der Waals surface area contributed by atoms with Gasteiger partial charge in [-0.3, -0.25) is 0 Å². The number of benzene rings is 2. The van der Waals surface area contributed by atoms with Crippen LogP contribution in [-0.4, -0.2) is 18.8 Å². The van der Waals surface area contributed by atoms with Crippen molar-refractivity contribution in [2.75, 3.05) is 13.7 Å². The van der Waals surface area contributed by atoms with Crippen molar-refractivity contribution in [2.45, 2.75) is 38.3 Å². The SMILES string of the molecule is COc1cc(C2OC=CO2)ccc1OCc1ccc(C(C)(C)CO)cc1C(F)(F)F. The number of rotatable bonds is 7. The molecule has 0 radical (unpaired) electrons. The molecule has 0 bridgehead atoms. The largest absolute Gasteiger partial charge is 0.493 e. The molecular weight excluding hydrogens is 401 g/mol. The van der Waals surface area contributed by atoms with Gasteiger partial charge in [0.2, 0.25) is 0 Å². The van der Waals surface area contributed by atoms with Gasteiger partial charge in [0.05, 0.1) is 19.3 Å². The Labute approximate surface area is 172 Å². The van der Waals surface area contributed by atoms with Crippen LogP contribution in [0.2, 0.25) is 0 Å². The summed E-state index contributed by atoms with van der Waals surface area (Å²) >= 11 is 0. The number of alkyl halides is 3. The Hall–Kier alpha value is -2.87. The van der Waals surface area contributed by atoms with E-state index < -0.39 is 23.4 Å². The second kappa shape index (κ2) is 8.47. The molecule has 5 nitrogen and oxygen atoms in total. The van der Waals surface area contributed by atoms with Gasteiger partial charge >= 0.3 is 6.18 Å². The fraction of sp³-hybridized carbons (Fsp3) is 0.364. The van der Waals surface area contributed by atoms with Crippen LogP contribution in [0.4, 0.5) is 13.2 Å². The Morgan fingerprint density at radius 1 is 1.00 bits per heavy atom. The third-order valence-corrected chi connectivity index (χ3v) is 4.89. The first-order valence-electron chi connectivity index (χ1n) is 9.24. The monoisotopic (exact) mass is 424 g/mol. The van der Waals surface area contributed by atoms with Crippen molar-refractivity contribution >= 4 is 0 Å². The molecule has 3 rings (SSSR count). The fourth-order valence-corrected chi connectivity index (χ4v) is 2.98. The first-order chi connectivity index (χ1) is 14.2. The van der Waals surface area contributed by atoms with Crippen molar-refractivity contribution in [3.63, 3.8) is 0 Å². The van der Waals surface area contributed by atoms with E-state index in [0.717, 1.165) is 6.07 Å². The predicted molar refractivity (Wildman–Crippen MR) is 103 cm³/mol. The molecule has 162 valence electrons. The van der Waals surface area contributed by atoms with Crippen molar-refractivity contribution in [1.29, 1.82) is 0 Å². The van der Waals surface area contributed by atoms with Crippen LogP contribution >= 0.6 is 0 Å². The molecule has 0 fully saturated rings. The molecule has 8 heteroatoms. The van der Waals surface area contributed by atoms with Crippen LogP contribution in [0.15, 0.2) is 48.9 Å². The van der Waals surface area contributed by atoms with Gasteiger partial charge in [0.15, 0.2) is 11.5 Å². The topological polar surface area (TPSA) is 57.2 Å². The Morgan fingerprint density at radius 3 is 2.30 bits per heavy atom. The zero-order chi connectivity index (χ0) is 21.9. The average Bonchev–Trinajstić information content (AvgIpc) is 3.26. The van der Waals surface area contributed by atoms with Gasteiger partial charge in [0.1, 0.15) is 19.1 Å². The van der Waals surface area contributed by atoms with E-state index in [-0.39, 0.29) is 18.8 Å². The van der Waals surface area contributed by atoms with Gasteiger partial charge in [0, 0.05) is 16.5 Å². The van der Waals surface area contributed by atoms with Gasteiger partial charge < -0.3 is 24.1 Å². The highest BCUT2D eigenvalue weighted by molar-refractivity contribution is 5.44. The van der Waals surface area contributed by atoms with Crippen molar-refractivity contribution in [3.8, 4) is 11.5 Å². The normalized spacial score (nSPS) is 14.4. The van der Waals surface area contributed by atoms with E-state index in [2.05, 4.69) is 0 Å². The molecule has 2 aromatic rings. The minimum Gasteiger partial charge on any atom is -0.493 e. The molecule has 1 heterocycles. The Balaban J connectivity index is 1.84.